The van der Waals surface area contributed by atoms with E-state index in [0.717, 1.165) is 20.7 Å². The van der Waals surface area contributed by atoms with Gasteiger partial charge in [-0.2, -0.15) is 13.2 Å². The van der Waals surface area contributed by atoms with Crippen molar-refractivity contribution in [3.8, 4) is 16.3 Å². The van der Waals surface area contributed by atoms with Gasteiger partial charge in [-0.3, -0.25) is 4.79 Å². The minimum Gasteiger partial charge on any atom is -0.488 e. The molecule has 0 aliphatic heterocycles. The van der Waals surface area contributed by atoms with Gasteiger partial charge in [0.05, 0.1) is 37.8 Å². The van der Waals surface area contributed by atoms with E-state index in [9.17, 15) is 22.4 Å². The third-order valence-corrected chi connectivity index (χ3v) is 7.02. The molecule has 172 valence electrons. The number of alkyl halides is 3. The van der Waals surface area contributed by atoms with Gasteiger partial charge in [0.25, 0.3) is 0 Å². The summed E-state index contributed by atoms with van der Waals surface area (Å²) in [5.74, 6) is -1.66. The first-order valence-electron chi connectivity index (χ1n) is 9.67. The molecule has 0 saturated heterocycles. The zero-order chi connectivity index (χ0) is 23.8. The molecule has 11 heteroatoms. The van der Waals surface area contributed by atoms with E-state index in [1.165, 1.54) is 28.7 Å². The van der Waals surface area contributed by atoms with Gasteiger partial charge in [0.15, 0.2) is 0 Å². The largest absolute Gasteiger partial charge is 0.488 e. The van der Waals surface area contributed by atoms with Crippen LogP contribution in [0.5, 0.6) is 5.75 Å². The maximum Gasteiger partial charge on any atom is 0.419 e. The van der Waals surface area contributed by atoms with E-state index in [1.807, 2.05) is 6.07 Å². The number of hydrogen-bond acceptors (Lipinski definition) is 6. The molecule has 0 amide bonds. The van der Waals surface area contributed by atoms with Gasteiger partial charge in [-0.1, -0.05) is 6.07 Å². The number of hydrogen-bond donors (Lipinski definition) is 1. The average Bonchev–Trinajstić information content (AvgIpc) is 3.32. The van der Waals surface area contributed by atoms with E-state index in [2.05, 4.69) is 9.97 Å². The first kappa shape index (κ1) is 23.1. The van der Waals surface area contributed by atoms with Crippen molar-refractivity contribution >= 4 is 38.9 Å². The molecule has 0 aliphatic rings. The van der Waals surface area contributed by atoms with E-state index in [0.29, 0.717) is 34.5 Å². The van der Waals surface area contributed by atoms with Crippen LogP contribution in [0.3, 0.4) is 0 Å². The number of halogens is 4. The molecule has 4 aromatic rings. The molecule has 0 saturated carbocycles. The topological polar surface area (TPSA) is 72.3 Å². The Bertz CT molecular complexity index is 1330. The smallest absolute Gasteiger partial charge is 0.419 e. The number of carbonyl (C=O) groups is 1. The Hall–Kier alpha value is -3.05. The van der Waals surface area contributed by atoms with E-state index < -0.39 is 23.5 Å². The van der Waals surface area contributed by atoms with Crippen LogP contribution >= 0.6 is 22.7 Å². The molecule has 2 heterocycles. The van der Waals surface area contributed by atoms with Crippen molar-refractivity contribution in [2.24, 2.45) is 0 Å². The van der Waals surface area contributed by atoms with E-state index in [1.54, 1.807) is 19.1 Å². The number of thiazole rings is 2. The number of fused-ring (bicyclic) bond motifs is 1. The second kappa shape index (κ2) is 9.06. The van der Waals surface area contributed by atoms with Crippen molar-refractivity contribution in [2.75, 3.05) is 0 Å². The van der Waals surface area contributed by atoms with Gasteiger partial charge < -0.3 is 9.84 Å². The lowest BCUT2D eigenvalue weighted by atomic mass is 10.1. The van der Waals surface area contributed by atoms with Crippen molar-refractivity contribution in [3.05, 3.63) is 63.4 Å². The Balaban J connectivity index is 1.48. The van der Waals surface area contributed by atoms with Gasteiger partial charge in [0, 0.05) is 18.1 Å². The number of rotatable bonds is 7. The fourth-order valence-corrected chi connectivity index (χ4v) is 5.00. The van der Waals surface area contributed by atoms with Gasteiger partial charge in [0.2, 0.25) is 0 Å². The Morgan fingerprint density at radius 3 is 2.61 bits per heavy atom. The molecule has 33 heavy (non-hydrogen) atoms. The van der Waals surface area contributed by atoms with Crippen LogP contribution < -0.4 is 4.74 Å². The van der Waals surface area contributed by atoms with Crippen molar-refractivity contribution in [1.82, 2.24) is 9.97 Å². The Kier molecular flexibility index (Phi) is 6.35. The molecule has 0 aliphatic carbocycles. The maximum absolute atomic E-state index is 13.9. The van der Waals surface area contributed by atoms with Crippen molar-refractivity contribution in [2.45, 2.75) is 32.5 Å². The van der Waals surface area contributed by atoms with Crippen LogP contribution in [0.1, 0.15) is 27.6 Å². The molecule has 0 bridgehead atoms. The van der Waals surface area contributed by atoms with Gasteiger partial charge in [-0.25, -0.2) is 14.4 Å². The van der Waals surface area contributed by atoms with Crippen LogP contribution in [0.25, 0.3) is 20.8 Å². The second-order valence-electron chi connectivity index (χ2n) is 7.14. The number of aryl methyl sites for hydroxylation is 2. The number of carboxylic acid groups (broad SMARTS) is 1. The summed E-state index contributed by atoms with van der Waals surface area (Å²) < 4.78 is 59.0. The SMILES string of the molecule is Cc1nc(-c2ccc(C(F)(F)F)c(F)c2)sc1COc1ccc2sc(CCC(=O)O)nc2c1. The minimum absolute atomic E-state index is 0.0129. The number of benzene rings is 2. The van der Waals surface area contributed by atoms with E-state index in [4.69, 9.17) is 9.84 Å². The van der Waals surface area contributed by atoms with E-state index in [-0.39, 0.29) is 18.6 Å². The zero-order valence-electron chi connectivity index (χ0n) is 17.1. The molecule has 0 unspecified atom stereocenters. The van der Waals surface area contributed by atoms with Crippen LogP contribution in [0.4, 0.5) is 17.6 Å². The maximum atomic E-state index is 13.9. The Morgan fingerprint density at radius 2 is 1.91 bits per heavy atom. The quantitative estimate of drug-likeness (QED) is 0.297. The molecule has 0 spiro atoms. The lowest BCUT2D eigenvalue weighted by molar-refractivity contribution is -0.140. The molecule has 2 aromatic heterocycles. The van der Waals surface area contributed by atoms with Gasteiger partial charge in [-0.05, 0) is 31.2 Å². The standard InChI is InChI=1S/C22H16F4N2O3S2/c1-11-18(33-21(27-11)12-2-4-14(15(23)8-12)22(24,25)26)10-31-13-3-5-17-16(9-13)28-19(32-17)6-7-20(29)30/h2-5,8-9H,6-7,10H2,1H3,(H,29,30). The van der Waals surface area contributed by atoms with Gasteiger partial charge >= 0.3 is 12.1 Å². The van der Waals surface area contributed by atoms with Gasteiger partial charge in [0.1, 0.15) is 23.2 Å². The number of carboxylic acids is 1. The lowest BCUT2D eigenvalue weighted by Crippen LogP contribution is -2.07. The third kappa shape index (κ3) is 5.31. The highest BCUT2D eigenvalue weighted by atomic mass is 32.1. The first-order valence-corrected chi connectivity index (χ1v) is 11.3. The molecule has 0 atom stereocenters. The summed E-state index contributed by atoms with van der Waals surface area (Å²) in [4.78, 5) is 20.3. The summed E-state index contributed by atoms with van der Waals surface area (Å²) in [5, 5.41) is 9.95. The predicted molar refractivity (Wildman–Crippen MR) is 117 cm³/mol. The second-order valence-corrected chi connectivity index (χ2v) is 9.34. The molecule has 4 rings (SSSR count). The number of aliphatic carboxylic acids is 1. The summed E-state index contributed by atoms with van der Waals surface area (Å²) in [6.07, 6.45) is -4.38. The number of nitrogens with zero attached hydrogens (tertiary/aromatic N) is 2. The summed E-state index contributed by atoms with van der Waals surface area (Å²) in [6.45, 7) is 1.92. The molecule has 0 fully saturated rings. The van der Waals surface area contributed by atoms with Crippen LogP contribution in [0.15, 0.2) is 36.4 Å². The van der Waals surface area contributed by atoms with Crippen molar-refractivity contribution < 1.29 is 32.2 Å². The molecule has 0 radical (unpaired) electrons. The molecular formula is C22H16F4N2O3S2. The van der Waals surface area contributed by atoms with Crippen LogP contribution in [0, 0.1) is 12.7 Å². The monoisotopic (exact) mass is 496 g/mol. The zero-order valence-corrected chi connectivity index (χ0v) is 18.7. The predicted octanol–water partition coefficient (Wildman–Crippen LogP) is 6.48. The summed E-state index contributed by atoms with van der Waals surface area (Å²) in [5.41, 5.74) is 0.296. The van der Waals surface area contributed by atoms with Crippen molar-refractivity contribution in [3.63, 3.8) is 0 Å². The lowest BCUT2D eigenvalue weighted by Gasteiger charge is -2.08. The molecule has 5 nitrogen and oxygen atoms in total. The van der Waals surface area contributed by atoms with Gasteiger partial charge in [-0.15, -0.1) is 22.7 Å². The number of aromatic nitrogens is 2. The number of ether oxygens (including phenoxy) is 1. The van der Waals surface area contributed by atoms with E-state index >= 15 is 0 Å². The third-order valence-electron chi connectivity index (χ3n) is 4.74. The molecule has 1 N–H and O–H groups in total. The summed E-state index contributed by atoms with van der Waals surface area (Å²) in [6, 6.07) is 8.15. The average molecular weight is 497 g/mol. The normalized spacial score (nSPS) is 11.8. The summed E-state index contributed by atoms with van der Waals surface area (Å²) >= 11 is 2.65. The highest BCUT2D eigenvalue weighted by Gasteiger charge is 2.34. The van der Waals surface area contributed by atoms with Crippen LogP contribution in [-0.2, 0) is 24.0 Å². The van der Waals surface area contributed by atoms with Crippen LogP contribution in [-0.4, -0.2) is 21.0 Å². The fraction of sp³-hybridized carbons (Fsp3) is 0.227. The Morgan fingerprint density at radius 1 is 1.12 bits per heavy atom. The minimum atomic E-state index is -4.75. The highest BCUT2D eigenvalue weighted by molar-refractivity contribution is 7.18. The highest BCUT2D eigenvalue weighted by Crippen LogP contribution is 2.35. The Labute approximate surface area is 193 Å². The first-order chi connectivity index (χ1) is 15.6. The fourth-order valence-electron chi connectivity index (χ4n) is 3.08. The van der Waals surface area contributed by atoms with Crippen LogP contribution in [0.2, 0.25) is 0 Å². The molecular weight excluding hydrogens is 480 g/mol. The van der Waals surface area contributed by atoms with Crippen molar-refractivity contribution in [1.29, 1.82) is 0 Å². The molecule has 2 aromatic carbocycles. The summed E-state index contributed by atoms with van der Waals surface area (Å²) in [7, 11) is 0.